The van der Waals surface area contributed by atoms with Crippen LogP contribution in [0, 0.1) is 0 Å². The zero-order valence-corrected chi connectivity index (χ0v) is 13.8. The molecule has 0 fully saturated rings. The van der Waals surface area contributed by atoms with Gasteiger partial charge in [0.05, 0.1) is 23.5 Å². The summed E-state index contributed by atoms with van der Waals surface area (Å²) < 4.78 is 0. The lowest BCUT2D eigenvalue weighted by atomic mass is 9.97. The van der Waals surface area contributed by atoms with E-state index in [-0.39, 0.29) is 6.04 Å². The molecule has 2 atom stereocenters. The molecule has 23 heavy (non-hydrogen) atoms. The quantitative estimate of drug-likeness (QED) is 0.888. The zero-order chi connectivity index (χ0) is 16.2. The molecule has 0 aromatic heterocycles. The molecule has 0 spiro atoms. The van der Waals surface area contributed by atoms with Crippen molar-refractivity contribution < 1.29 is 5.11 Å². The third-order valence-electron chi connectivity index (χ3n) is 4.53. The number of hydrogen-bond acceptors (Lipinski definition) is 4. The van der Waals surface area contributed by atoms with Crippen molar-refractivity contribution in [1.29, 1.82) is 0 Å². The Hall–Kier alpha value is -2.04. The molecule has 0 saturated carbocycles. The Balaban J connectivity index is 2.02. The molecule has 0 amide bonds. The van der Waals surface area contributed by atoms with Crippen molar-refractivity contribution in [2.45, 2.75) is 12.1 Å². The van der Waals surface area contributed by atoms with Crippen LogP contribution in [0.4, 0.5) is 11.4 Å². The number of nitrogens with one attached hydrogen (secondary N) is 1. The normalized spacial score (nSPS) is 16.8. The molecule has 2 N–H and O–H groups in total. The molecule has 1 aliphatic rings. The maximum absolute atomic E-state index is 10.8. The minimum atomic E-state index is -0.473. The monoisotopic (exact) mass is 311 g/mol. The number of nitrogens with zero attached hydrogens (tertiary/aromatic N) is 2. The van der Waals surface area contributed by atoms with Crippen molar-refractivity contribution in [3.8, 4) is 0 Å². The third kappa shape index (κ3) is 3.19. The SMILES string of the molecule is CNC[C@@H](O)[C@H](c1ccccc1)N1CCN(C)c2ccccc21. The van der Waals surface area contributed by atoms with Crippen LogP contribution in [0.15, 0.2) is 54.6 Å². The average molecular weight is 311 g/mol. The molecule has 0 aliphatic carbocycles. The molecular formula is C19H25N3O. The Morgan fingerprint density at radius 3 is 2.35 bits per heavy atom. The molecule has 0 saturated heterocycles. The molecule has 3 rings (SSSR count). The number of fused-ring (bicyclic) bond motifs is 1. The van der Waals surface area contributed by atoms with Crippen LogP contribution in [-0.4, -0.2) is 44.9 Å². The van der Waals surface area contributed by atoms with E-state index in [0.717, 1.165) is 18.7 Å². The molecule has 1 heterocycles. The molecule has 2 aromatic carbocycles. The predicted octanol–water partition coefficient (Wildman–Crippen LogP) is 2.26. The second kappa shape index (κ2) is 7.02. The fourth-order valence-electron chi connectivity index (χ4n) is 3.40. The maximum atomic E-state index is 10.8. The van der Waals surface area contributed by atoms with Gasteiger partial charge < -0.3 is 20.2 Å². The van der Waals surface area contributed by atoms with Gasteiger partial charge in [0, 0.05) is 26.7 Å². The Bertz CT molecular complexity index is 632. The minimum Gasteiger partial charge on any atom is -0.389 e. The summed E-state index contributed by atoms with van der Waals surface area (Å²) in [4.78, 5) is 4.62. The number of anilines is 2. The number of aliphatic hydroxyl groups excluding tert-OH is 1. The van der Waals surface area contributed by atoms with E-state index in [2.05, 4.69) is 58.6 Å². The number of hydrogen-bond donors (Lipinski definition) is 2. The second-order valence-corrected chi connectivity index (χ2v) is 6.08. The second-order valence-electron chi connectivity index (χ2n) is 6.08. The lowest BCUT2D eigenvalue weighted by molar-refractivity contribution is 0.140. The van der Waals surface area contributed by atoms with Crippen molar-refractivity contribution in [1.82, 2.24) is 5.32 Å². The number of rotatable bonds is 5. The van der Waals surface area contributed by atoms with Crippen LogP contribution in [0.3, 0.4) is 0 Å². The van der Waals surface area contributed by atoms with E-state index in [1.807, 2.05) is 25.2 Å². The first-order valence-corrected chi connectivity index (χ1v) is 8.17. The van der Waals surface area contributed by atoms with Gasteiger partial charge in [0.2, 0.25) is 0 Å². The van der Waals surface area contributed by atoms with Gasteiger partial charge in [0.1, 0.15) is 0 Å². The molecule has 122 valence electrons. The van der Waals surface area contributed by atoms with Gasteiger partial charge in [0.25, 0.3) is 0 Å². The molecule has 0 radical (unpaired) electrons. The first-order valence-electron chi connectivity index (χ1n) is 8.17. The molecule has 1 aliphatic heterocycles. The third-order valence-corrected chi connectivity index (χ3v) is 4.53. The molecule has 4 heteroatoms. The summed E-state index contributed by atoms with van der Waals surface area (Å²) in [6.45, 7) is 2.41. The number of para-hydroxylation sites is 2. The number of likely N-dealkylation sites (N-methyl/N-ethyl adjacent to an activating group) is 2. The molecule has 4 nitrogen and oxygen atoms in total. The van der Waals surface area contributed by atoms with Crippen molar-refractivity contribution in [2.24, 2.45) is 0 Å². The smallest absolute Gasteiger partial charge is 0.0909 e. The summed E-state index contributed by atoms with van der Waals surface area (Å²) in [5, 5.41) is 13.9. The lowest BCUT2D eigenvalue weighted by Gasteiger charge is -2.43. The van der Waals surface area contributed by atoms with Gasteiger partial charge in [-0.15, -0.1) is 0 Å². The predicted molar refractivity (Wildman–Crippen MR) is 96.2 cm³/mol. The summed E-state index contributed by atoms with van der Waals surface area (Å²) in [5.41, 5.74) is 3.55. The standard InChI is InChI=1S/C19H25N3O/c1-20-14-18(23)19(15-8-4-3-5-9-15)22-13-12-21(2)16-10-6-7-11-17(16)22/h3-11,18-20,23H,12-14H2,1-2H3/t18-,19+/m1/s1. The highest BCUT2D eigenvalue weighted by Gasteiger charge is 2.31. The van der Waals surface area contributed by atoms with Crippen molar-refractivity contribution in [2.75, 3.05) is 43.5 Å². The Labute approximate surface area is 138 Å². The topological polar surface area (TPSA) is 38.7 Å². The molecule has 2 aromatic rings. The van der Waals surface area contributed by atoms with Crippen LogP contribution < -0.4 is 15.1 Å². The van der Waals surface area contributed by atoms with E-state index in [1.165, 1.54) is 11.4 Å². The summed E-state index contributed by atoms with van der Waals surface area (Å²) in [6.07, 6.45) is -0.473. The van der Waals surface area contributed by atoms with Crippen LogP contribution in [0.2, 0.25) is 0 Å². The summed E-state index contributed by atoms with van der Waals surface area (Å²) in [5.74, 6) is 0. The van der Waals surface area contributed by atoms with Crippen LogP contribution in [0.1, 0.15) is 11.6 Å². The summed E-state index contributed by atoms with van der Waals surface area (Å²) in [7, 11) is 4.00. The largest absolute Gasteiger partial charge is 0.389 e. The van der Waals surface area contributed by atoms with E-state index in [0.29, 0.717) is 6.54 Å². The highest BCUT2D eigenvalue weighted by atomic mass is 16.3. The van der Waals surface area contributed by atoms with Crippen molar-refractivity contribution >= 4 is 11.4 Å². The fourth-order valence-corrected chi connectivity index (χ4v) is 3.40. The van der Waals surface area contributed by atoms with Gasteiger partial charge in [-0.3, -0.25) is 0 Å². The van der Waals surface area contributed by atoms with Crippen molar-refractivity contribution in [3.63, 3.8) is 0 Å². The van der Waals surface area contributed by atoms with E-state index in [9.17, 15) is 5.11 Å². The van der Waals surface area contributed by atoms with Crippen LogP contribution in [0.5, 0.6) is 0 Å². The van der Waals surface area contributed by atoms with Gasteiger partial charge in [-0.2, -0.15) is 0 Å². The average Bonchev–Trinajstić information content (AvgIpc) is 2.59. The Morgan fingerprint density at radius 2 is 1.65 bits per heavy atom. The Kier molecular flexibility index (Phi) is 4.84. The van der Waals surface area contributed by atoms with Crippen LogP contribution >= 0.6 is 0 Å². The van der Waals surface area contributed by atoms with Crippen LogP contribution in [0.25, 0.3) is 0 Å². The highest BCUT2D eigenvalue weighted by molar-refractivity contribution is 5.73. The molecular weight excluding hydrogens is 286 g/mol. The minimum absolute atomic E-state index is 0.0569. The van der Waals surface area contributed by atoms with Gasteiger partial charge in [-0.1, -0.05) is 42.5 Å². The number of aliphatic hydroxyl groups is 1. The molecule has 0 bridgehead atoms. The van der Waals surface area contributed by atoms with Gasteiger partial charge in [-0.25, -0.2) is 0 Å². The van der Waals surface area contributed by atoms with E-state index >= 15 is 0 Å². The van der Waals surface area contributed by atoms with E-state index < -0.39 is 6.10 Å². The van der Waals surface area contributed by atoms with E-state index in [4.69, 9.17) is 0 Å². The van der Waals surface area contributed by atoms with Gasteiger partial charge in [0.15, 0.2) is 0 Å². The lowest BCUT2D eigenvalue weighted by Crippen LogP contribution is -2.47. The maximum Gasteiger partial charge on any atom is 0.0909 e. The number of benzene rings is 2. The summed E-state index contributed by atoms with van der Waals surface area (Å²) in [6, 6.07) is 18.7. The molecule has 0 unspecified atom stereocenters. The first kappa shape index (κ1) is 15.8. The Morgan fingerprint density at radius 1 is 1.00 bits per heavy atom. The first-order chi connectivity index (χ1) is 11.2. The van der Waals surface area contributed by atoms with Gasteiger partial charge in [-0.05, 0) is 24.7 Å². The summed E-state index contributed by atoms with van der Waals surface area (Å²) >= 11 is 0. The zero-order valence-electron chi connectivity index (χ0n) is 13.8. The van der Waals surface area contributed by atoms with E-state index in [1.54, 1.807) is 0 Å². The van der Waals surface area contributed by atoms with Gasteiger partial charge >= 0.3 is 0 Å². The fraction of sp³-hybridized carbons (Fsp3) is 0.368. The van der Waals surface area contributed by atoms with Crippen LogP contribution in [-0.2, 0) is 0 Å². The van der Waals surface area contributed by atoms with Crippen molar-refractivity contribution in [3.05, 3.63) is 60.2 Å². The highest BCUT2D eigenvalue weighted by Crippen LogP contribution is 2.38.